The highest BCUT2D eigenvalue weighted by atomic mass is 16.5. The fourth-order valence-corrected chi connectivity index (χ4v) is 4.21. The Morgan fingerprint density at radius 3 is 2.80 bits per heavy atom. The molecule has 9 nitrogen and oxygen atoms in total. The van der Waals surface area contributed by atoms with E-state index in [9.17, 15) is 9.59 Å². The zero-order chi connectivity index (χ0) is 21.1. The molecule has 3 amide bonds. The first-order valence-electron chi connectivity index (χ1n) is 10.3. The van der Waals surface area contributed by atoms with Crippen LogP contribution in [0.3, 0.4) is 0 Å². The number of fused-ring (bicyclic) bond motifs is 2. The third-order valence-corrected chi connectivity index (χ3v) is 5.81. The summed E-state index contributed by atoms with van der Waals surface area (Å²) in [5, 5.41) is 2.99. The van der Waals surface area contributed by atoms with Crippen molar-refractivity contribution in [1.29, 1.82) is 0 Å². The summed E-state index contributed by atoms with van der Waals surface area (Å²) in [6.07, 6.45) is 8.54. The maximum absolute atomic E-state index is 12.9. The lowest BCUT2D eigenvalue weighted by Gasteiger charge is -2.45. The number of amides is 3. The number of carbonyl (C=O) groups excluding carboxylic acids is 2. The number of hydrogen-bond donors (Lipinski definition) is 1. The zero-order valence-corrected chi connectivity index (χ0v) is 17.5. The second kappa shape index (κ2) is 8.43. The molecule has 2 aliphatic rings. The highest BCUT2D eigenvalue weighted by molar-refractivity contribution is 5.81. The molecule has 160 valence electrons. The van der Waals surface area contributed by atoms with Gasteiger partial charge in [-0.05, 0) is 18.1 Å². The Balaban J connectivity index is 1.41. The van der Waals surface area contributed by atoms with Gasteiger partial charge in [0.25, 0.3) is 5.91 Å². The number of piperidine rings is 1. The first kappa shape index (κ1) is 20.3. The molecular weight excluding hydrogens is 384 g/mol. The number of pyridine rings is 1. The smallest absolute Gasteiger partial charge is 0.319 e. The first-order chi connectivity index (χ1) is 14.5. The summed E-state index contributed by atoms with van der Waals surface area (Å²) in [4.78, 5) is 37.2. The lowest BCUT2D eigenvalue weighted by atomic mass is 9.88. The van der Waals surface area contributed by atoms with Gasteiger partial charge in [-0.3, -0.25) is 9.78 Å². The Morgan fingerprint density at radius 1 is 1.30 bits per heavy atom. The van der Waals surface area contributed by atoms with Crippen molar-refractivity contribution in [2.75, 3.05) is 33.7 Å². The van der Waals surface area contributed by atoms with Gasteiger partial charge < -0.3 is 24.4 Å². The molecule has 2 aliphatic heterocycles. The molecule has 0 aromatic carbocycles. The Labute approximate surface area is 176 Å². The number of ether oxygens (including phenoxy) is 1. The van der Waals surface area contributed by atoms with E-state index in [1.807, 2.05) is 27.8 Å². The zero-order valence-electron chi connectivity index (χ0n) is 17.5. The number of nitrogens with zero attached hydrogens (tertiary/aromatic N) is 5. The molecule has 1 atom stereocenters. The summed E-state index contributed by atoms with van der Waals surface area (Å²) in [6, 6.07) is 3.87. The summed E-state index contributed by atoms with van der Waals surface area (Å²) in [5.41, 5.74) is 0.435. The molecule has 0 saturated carbocycles. The van der Waals surface area contributed by atoms with E-state index in [0.717, 1.165) is 17.8 Å². The van der Waals surface area contributed by atoms with Crippen molar-refractivity contribution >= 4 is 11.9 Å². The number of hydrogen-bond acceptors (Lipinski definition) is 5. The van der Waals surface area contributed by atoms with Crippen molar-refractivity contribution in [2.24, 2.45) is 0 Å². The molecule has 1 spiro atoms. The van der Waals surface area contributed by atoms with E-state index < -0.39 is 11.7 Å². The van der Waals surface area contributed by atoms with E-state index in [-0.39, 0.29) is 11.9 Å². The minimum Gasteiger partial charge on any atom is -0.353 e. The van der Waals surface area contributed by atoms with Crippen molar-refractivity contribution in [3.05, 3.63) is 48.3 Å². The van der Waals surface area contributed by atoms with Crippen molar-refractivity contribution in [3.63, 3.8) is 0 Å². The summed E-state index contributed by atoms with van der Waals surface area (Å²) in [7, 11) is 3.50. The summed E-state index contributed by atoms with van der Waals surface area (Å²) < 4.78 is 8.41. The minimum absolute atomic E-state index is 0.00584. The van der Waals surface area contributed by atoms with Crippen LogP contribution in [0, 0.1) is 0 Å². The van der Waals surface area contributed by atoms with E-state index >= 15 is 0 Å². The van der Waals surface area contributed by atoms with Crippen molar-refractivity contribution < 1.29 is 14.3 Å². The molecule has 0 unspecified atom stereocenters. The molecule has 4 rings (SSSR count). The van der Waals surface area contributed by atoms with Crippen LogP contribution in [-0.4, -0.2) is 76.1 Å². The third-order valence-electron chi connectivity index (χ3n) is 5.81. The van der Waals surface area contributed by atoms with Gasteiger partial charge in [-0.15, -0.1) is 0 Å². The Morgan fingerprint density at radius 2 is 2.10 bits per heavy atom. The first-order valence-corrected chi connectivity index (χ1v) is 10.3. The maximum Gasteiger partial charge on any atom is 0.319 e. The summed E-state index contributed by atoms with van der Waals surface area (Å²) >= 11 is 0. The number of aromatic nitrogens is 3. The van der Waals surface area contributed by atoms with Gasteiger partial charge in [0.2, 0.25) is 0 Å². The predicted molar refractivity (Wildman–Crippen MR) is 110 cm³/mol. The second-order valence-electron chi connectivity index (χ2n) is 8.07. The molecule has 0 aliphatic carbocycles. The third kappa shape index (κ3) is 4.02. The maximum atomic E-state index is 12.9. The number of likely N-dealkylation sites (tertiary alicyclic amines) is 1. The molecule has 30 heavy (non-hydrogen) atoms. The van der Waals surface area contributed by atoms with E-state index in [1.54, 1.807) is 37.6 Å². The van der Waals surface area contributed by atoms with Crippen LogP contribution in [0.2, 0.25) is 0 Å². The lowest BCUT2D eigenvalue weighted by molar-refractivity contribution is -0.172. The largest absolute Gasteiger partial charge is 0.353 e. The molecule has 0 radical (unpaired) electrons. The van der Waals surface area contributed by atoms with E-state index in [4.69, 9.17) is 4.74 Å². The molecule has 1 N–H and O–H groups in total. The van der Waals surface area contributed by atoms with Gasteiger partial charge in [-0.25, -0.2) is 9.78 Å². The van der Waals surface area contributed by atoms with Gasteiger partial charge >= 0.3 is 6.03 Å². The molecule has 4 heterocycles. The van der Waals surface area contributed by atoms with Crippen LogP contribution in [0.4, 0.5) is 4.79 Å². The van der Waals surface area contributed by atoms with Crippen LogP contribution >= 0.6 is 0 Å². The molecule has 2 aromatic rings. The van der Waals surface area contributed by atoms with Crippen LogP contribution < -0.4 is 5.32 Å². The lowest BCUT2D eigenvalue weighted by Crippen LogP contribution is -2.55. The van der Waals surface area contributed by atoms with Gasteiger partial charge in [0.15, 0.2) is 6.10 Å². The Hall–Kier alpha value is -2.94. The number of rotatable bonds is 4. The molecule has 1 fully saturated rings. The van der Waals surface area contributed by atoms with E-state index in [1.165, 1.54) is 0 Å². The number of nitrogens with one attached hydrogen (secondary N) is 1. The average Bonchev–Trinajstić information content (AvgIpc) is 3.24. The normalized spacial score (nSPS) is 19.9. The Bertz CT molecular complexity index is 889. The van der Waals surface area contributed by atoms with Crippen LogP contribution in [0.25, 0.3) is 0 Å². The topological polar surface area (TPSA) is 92.6 Å². The molecule has 2 aromatic heterocycles. The fourth-order valence-electron chi connectivity index (χ4n) is 4.21. The molecular formula is C21H28N6O3. The standard InChI is InChI=1S/C21H28N6O3/c1-25(2)20(29)26-11-6-21(7-12-26)19-24-10-13-27(19)15-17(30-21)18(28)23-9-5-16-4-3-8-22-14-16/h3-4,8,10,13-14,17H,5-7,9,11-12,15H2,1-2H3,(H,23,28)/t17-/m0/s1. The SMILES string of the molecule is CN(C)C(=O)N1CCC2(CC1)O[C@H](C(=O)NCCc1cccnc1)Cn1ccnc12. The van der Waals surface area contributed by atoms with Crippen LogP contribution in [0.1, 0.15) is 24.2 Å². The van der Waals surface area contributed by atoms with Crippen LogP contribution in [0.15, 0.2) is 36.9 Å². The van der Waals surface area contributed by atoms with Crippen molar-refractivity contribution in [3.8, 4) is 0 Å². The average molecular weight is 412 g/mol. The predicted octanol–water partition coefficient (Wildman–Crippen LogP) is 1.01. The summed E-state index contributed by atoms with van der Waals surface area (Å²) in [6.45, 7) is 2.11. The van der Waals surface area contributed by atoms with Gasteiger partial charge in [-0.2, -0.15) is 0 Å². The van der Waals surface area contributed by atoms with Crippen LogP contribution in [-0.2, 0) is 28.1 Å². The second-order valence-corrected chi connectivity index (χ2v) is 8.07. The van der Waals surface area contributed by atoms with Gasteiger partial charge in [0.05, 0.1) is 6.54 Å². The molecule has 9 heteroatoms. The molecule has 1 saturated heterocycles. The Kier molecular flexibility index (Phi) is 5.72. The number of urea groups is 1. The fraction of sp³-hybridized carbons (Fsp3) is 0.524. The molecule has 0 bridgehead atoms. The van der Waals surface area contributed by atoms with Gasteiger partial charge in [0, 0.05) is 71.4 Å². The van der Waals surface area contributed by atoms with E-state index in [0.29, 0.717) is 39.0 Å². The van der Waals surface area contributed by atoms with Gasteiger partial charge in [-0.1, -0.05) is 6.07 Å². The quantitative estimate of drug-likeness (QED) is 0.809. The van der Waals surface area contributed by atoms with Gasteiger partial charge in [0.1, 0.15) is 11.4 Å². The highest BCUT2D eigenvalue weighted by Crippen LogP contribution is 2.40. The number of imidazole rings is 1. The summed E-state index contributed by atoms with van der Waals surface area (Å²) in [5.74, 6) is 0.725. The van der Waals surface area contributed by atoms with Crippen molar-refractivity contribution in [2.45, 2.75) is 37.5 Å². The minimum atomic E-state index is -0.643. The highest BCUT2D eigenvalue weighted by Gasteiger charge is 2.47. The van der Waals surface area contributed by atoms with E-state index in [2.05, 4.69) is 15.3 Å². The monoisotopic (exact) mass is 412 g/mol. The van der Waals surface area contributed by atoms with Crippen LogP contribution in [0.5, 0.6) is 0 Å². The van der Waals surface area contributed by atoms with Crippen molar-refractivity contribution in [1.82, 2.24) is 29.7 Å². The number of carbonyl (C=O) groups is 2.